The lowest BCUT2D eigenvalue weighted by atomic mass is 9.47. The molecule has 0 aromatic carbocycles. The Kier molecular flexibility index (Phi) is 16.1. The Morgan fingerprint density at radius 2 is 1.65 bits per heavy atom. The zero-order valence-electron chi connectivity index (χ0n) is 32.6. The van der Waals surface area contributed by atoms with E-state index in [0.717, 1.165) is 86.9 Å². The van der Waals surface area contributed by atoms with Gasteiger partial charge in [-0.3, -0.25) is 4.79 Å². The second kappa shape index (κ2) is 19.5. The molecule has 3 nitrogen and oxygen atoms in total. The lowest BCUT2D eigenvalue weighted by Gasteiger charge is -2.58. The fourth-order valence-corrected chi connectivity index (χ4v) is 11.4. The van der Waals surface area contributed by atoms with Crippen molar-refractivity contribution in [3.63, 3.8) is 0 Å². The zero-order chi connectivity index (χ0) is 34.6. The summed E-state index contributed by atoms with van der Waals surface area (Å²) >= 11 is 0. The van der Waals surface area contributed by atoms with Crippen LogP contribution < -0.4 is 0 Å². The summed E-state index contributed by atoms with van der Waals surface area (Å²) in [7, 11) is 0. The highest BCUT2D eigenvalue weighted by molar-refractivity contribution is 5.69. The molecule has 0 aromatic heterocycles. The molecule has 0 heterocycles. The van der Waals surface area contributed by atoms with E-state index in [2.05, 4.69) is 59.8 Å². The Labute approximate surface area is 297 Å². The number of aliphatic hydroxyl groups excluding tert-OH is 1. The number of carbonyl (C=O) groups excluding carboxylic acids is 1. The number of fused-ring (bicyclic) bond motifs is 5. The first-order chi connectivity index (χ1) is 23.1. The van der Waals surface area contributed by atoms with E-state index in [1.807, 2.05) is 0 Å². The molecule has 0 amide bonds. The normalized spacial score (nSPS) is 32.8. The maximum atomic E-state index is 12.8. The molecule has 0 spiro atoms. The molecule has 0 bridgehead atoms. The number of rotatable bonds is 21. The van der Waals surface area contributed by atoms with Gasteiger partial charge in [0, 0.05) is 12.8 Å². The topological polar surface area (TPSA) is 46.5 Å². The van der Waals surface area contributed by atoms with Crippen molar-refractivity contribution in [1.82, 2.24) is 0 Å². The van der Waals surface area contributed by atoms with Gasteiger partial charge >= 0.3 is 5.97 Å². The molecule has 4 aliphatic carbocycles. The van der Waals surface area contributed by atoms with Crippen LogP contribution in [0.4, 0.5) is 0 Å². The number of allylic oxidation sites excluding steroid dienone is 2. The summed E-state index contributed by atoms with van der Waals surface area (Å²) in [5, 5.41) is 10.1. The van der Waals surface area contributed by atoms with Gasteiger partial charge in [0.15, 0.2) is 0 Å². The standard InChI is InChI=1S/C45H78O3/c1-7-8-9-16-22-37(46)23-17-14-12-10-11-13-15-18-24-43(47)48-38-29-31-44(5)36(33-38)25-26-39-41-28-27-40(35(4)21-19-20-34(2)3)45(41,6)32-30-42(39)44/h14,17,25,34-35,37-42,46H,7-13,15-16,18-24,26-33H2,1-6H3/t35-,37-,38?,39+,40-,41+,42+,44+,45-/m1/s1. The smallest absolute Gasteiger partial charge is 0.306 e. The first-order valence-corrected chi connectivity index (χ1v) is 21.3. The van der Waals surface area contributed by atoms with Crippen LogP contribution in [-0.4, -0.2) is 23.3 Å². The zero-order valence-corrected chi connectivity index (χ0v) is 32.6. The lowest BCUT2D eigenvalue weighted by molar-refractivity contribution is -0.151. The number of carbonyl (C=O) groups is 1. The number of unbranched alkanes of at least 4 members (excludes halogenated alkanes) is 8. The van der Waals surface area contributed by atoms with E-state index >= 15 is 0 Å². The number of aliphatic hydroxyl groups is 1. The molecular formula is C45H78O3. The van der Waals surface area contributed by atoms with Crippen molar-refractivity contribution in [2.75, 3.05) is 0 Å². The first kappa shape index (κ1) is 39.7. The number of esters is 1. The van der Waals surface area contributed by atoms with Crippen molar-refractivity contribution in [3.8, 4) is 0 Å². The lowest BCUT2D eigenvalue weighted by Crippen LogP contribution is -2.51. The van der Waals surface area contributed by atoms with Crippen LogP contribution >= 0.6 is 0 Å². The minimum absolute atomic E-state index is 0.0296. The van der Waals surface area contributed by atoms with E-state index in [0.29, 0.717) is 17.3 Å². The molecule has 1 unspecified atom stereocenters. The second-order valence-corrected chi connectivity index (χ2v) is 18.2. The Hall–Kier alpha value is -1.09. The fourth-order valence-electron chi connectivity index (χ4n) is 11.4. The largest absolute Gasteiger partial charge is 0.462 e. The third-order valence-corrected chi connectivity index (χ3v) is 14.3. The van der Waals surface area contributed by atoms with Crippen molar-refractivity contribution in [2.24, 2.45) is 46.3 Å². The summed E-state index contributed by atoms with van der Waals surface area (Å²) in [6.45, 7) is 14.8. The SMILES string of the molecule is CCCCCC[C@@H](O)CC=CCCCCCCCC(=O)OC1CC[C@@]2(C)C(=CC[C@H]3[C@@H]4CC[C@H]([C@H](C)CCCC(C)C)[C@@]4(C)CC[C@@H]32)C1. The summed E-state index contributed by atoms with van der Waals surface area (Å²) in [5.41, 5.74) is 2.49. The van der Waals surface area contributed by atoms with Crippen LogP contribution in [0.3, 0.4) is 0 Å². The van der Waals surface area contributed by atoms with Crippen LogP contribution in [-0.2, 0) is 9.53 Å². The summed E-state index contributed by atoms with van der Waals surface area (Å²) in [5.74, 6) is 5.23. The van der Waals surface area contributed by atoms with Crippen molar-refractivity contribution in [2.45, 2.75) is 208 Å². The van der Waals surface area contributed by atoms with Crippen LogP contribution in [0.1, 0.15) is 196 Å². The molecule has 3 heteroatoms. The summed E-state index contributed by atoms with van der Waals surface area (Å²) in [6, 6.07) is 0. The predicted octanol–water partition coefficient (Wildman–Crippen LogP) is 12.9. The quantitative estimate of drug-likeness (QED) is 0.0753. The van der Waals surface area contributed by atoms with Crippen LogP contribution in [0.2, 0.25) is 0 Å². The van der Waals surface area contributed by atoms with Crippen LogP contribution in [0.15, 0.2) is 23.8 Å². The van der Waals surface area contributed by atoms with Gasteiger partial charge in [-0.1, -0.05) is 130 Å². The molecular weight excluding hydrogens is 588 g/mol. The van der Waals surface area contributed by atoms with Crippen molar-refractivity contribution in [3.05, 3.63) is 23.8 Å². The average molecular weight is 667 g/mol. The molecule has 0 aliphatic heterocycles. The van der Waals surface area contributed by atoms with Crippen LogP contribution in [0.5, 0.6) is 0 Å². The molecule has 0 radical (unpaired) electrons. The predicted molar refractivity (Wildman–Crippen MR) is 204 cm³/mol. The van der Waals surface area contributed by atoms with Gasteiger partial charge in [-0.25, -0.2) is 0 Å². The van der Waals surface area contributed by atoms with Crippen molar-refractivity contribution < 1.29 is 14.6 Å². The molecule has 4 rings (SSSR count). The van der Waals surface area contributed by atoms with Gasteiger partial charge in [0.1, 0.15) is 6.10 Å². The van der Waals surface area contributed by atoms with Gasteiger partial charge < -0.3 is 9.84 Å². The maximum absolute atomic E-state index is 12.8. The van der Waals surface area contributed by atoms with Crippen LogP contribution in [0.25, 0.3) is 0 Å². The minimum atomic E-state index is -0.172. The number of hydrogen-bond acceptors (Lipinski definition) is 3. The summed E-state index contributed by atoms with van der Waals surface area (Å²) in [4.78, 5) is 12.8. The molecule has 276 valence electrons. The van der Waals surface area contributed by atoms with Gasteiger partial charge in [-0.05, 0) is 123 Å². The number of hydrogen-bond donors (Lipinski definition) is 1. The molecule has 3 fully saturated rings. The van der Waals surface area contributed by atoms with Crippen molar-refractivity contribution in [1.29, 1.82) is 0 Å². The van der Waals surface area contributed by atoms with Crippen LogP contribution in [0, 0.1) is 46.3 Å². The van der Waals surface area contributed by atoms with Gasteiger partial charge in [0.2, 0.25) is 0 Å². The average Bonchev–Trinajstić information content (AvgIpc) is 3.41. The molecule has 4 aliphatic rings. The Bertz CT molecular complexity index is 1010. The van der Waals surface area contributed by atoms with E-state index in [1.54, 1.807) is 5.57 Å². The highest BCUT2D eigenvalue weighted by atomic mass is 16.5. The van der Waals surface area contributed by atoms with E-state index in [9.17, 15) is 9.90 Å². The van der Waals surface area contributed by atoms with E-state index in [-0.39, 0.29) is 18.2 Å². The first-order valence-electron chi connectivity index (χ1n) is 21.3. The Morgan fingerprint density at radius 3 is 2.44 bits per heavy atom. The Balaban J connectivity index is 1.12. The minimum Gasteiger partial charge on any atom is -0.462 e. The van der Waals surface area contributed by atoms with E-state index < -0.39 is 0 Å². The third-order valence-electron chi connectivity index (χ3n) is 14.3. The summed E-state index contributed by atoms with van der Waals surface area (Å²) < 4.78 is 6.11. The fraction of sp³-hybridized carbons (Fsp3) is 0.889. The highest BCUT2D eigenvalue weighted by Gasteiger charge is 2.59. The second-order valence-electron chi connectivity index (χ2n) is 18.2. The molecule has 48 heavy (non-hydrogen) atoms. The maximum Gasteiger partial charge on any atom is 0.306 e. The van der Waals surface area contributed by atoms with E-state index in [4.69, 9.17) is 4.74 Å². The monoisotopic (exact) mass is 667 g/mol. The number of ether oxygens (including phenoxy) is 1. The highest BCUT2D eigenvalue weighted by Crippen LogP contribution is 2.67. The summed E-state index contributed by atoms with van der Waals surface area (Å²) in [6.07, 6.45) is 35.4. The van der Waals surface area contributed by atoms with Gasteiger partial charge in [-0.15, -0.1) is 0 Å². The third kappa shape index (κ3) is 10.7. The van der Waals surface area contributed by atoms with E-state index in [1.165, 1.54) is 96.3 Å². The molecule has 0 aromatic rings. The van der Waals surface area contributed by atoms with Gasteiger partial charge in [-0.2, -0.15) is 0 Å². The Morgan fingerprint density at radius 1 is 0.875 bits per heavy atom. The molecule has 0 saturated heterocycles. The molecule has 3 saturated carbocycles. The molecule has 9 atom stereocenters. The van der Waals surface area contributed by atoms with Gasteiger partial charge in [0.25, 0.3) is 0 Å². The van der Waals surface area contributed by atoms with Crippen molar-refractivity contribution >= 4 is 5.97 Å². The molecule has 1 N–H and O–H groups in total. The van der Waals surface area contributed by atoms with Gasteiger partial charge in [0.05, 0.1) is 6.10 Å².